The molecule has 3 unspecified atom stereocenters. The van der Waals surface area contributed by atoms with Crippen molar-refractivity contribution in [2.24, 2.45) is 28.3 Å². The molecule has 0 spiro atoms. The highest BCUT2D eigenvalue weighted by molar-refractivity contribution is 5.82. The zero-order chi connectivity index (χ0) is 17.0. The van der Waals surface area contributed by atoms with Crippen LogP contribution in [0.5, 0.6) is 0 Å². The molecule has 0 bridgehead atoms. The Balaban J connectivity index is 1.53. The van der Waals surface area contributed by atoms with Crippen molar-refractivity contribution in [2.45, 2.75) is 91.1 Å². The second-order valence-electron chi connectivity index (χ2n) is 9.19. The van der Waals surface area contributed by atoms with Crippen molar-refractivity contribution in [1.82, 2.24) is 16.3 Å². The molecule has 1 saturated heterocycles. The maximum atomic E-state index is 4.78. The van der Waals surface area contributed by atoms with Gasteiger partial charge < -0.3 is 0 Å². The first-order valence-corrected chi connectivity index (χ1v) is 10.3. The van der Waals surface area contributed by atoms with Gasteiger partial charge >= 0.3 is 0 Å². The molecule has 0 aromatic rings. The number of nitrogens with one attached hydrogen (secondary N) is 3. The Hall–Kier alpha value is -0.610. The van der Waals surface area contributed by atoms with E-state index in [-0.39, 0.29) is 6.17 Å². The second kappa shape index (κ2) is 8.18. The number of rotatable bonds is 5. The first kappa shape index (κ1) is 18.2. The summed E-state index contributed by atoms with van der Waals surface area (Å²) in [5.74, 6) is 2.41. The Morgan fingerprint density at radius 2 is 1.75 bits per heavy atom. The van der Waals surface area contributed by atoms with Crippen molar-refractivity contribution in [3.63, 3.8) is 0 Å². The summed E-state index contributed by atoms with van der Waals surface area (Å²) in [4.78, 5) is 0. The van der Waals surface area contributed by atoms with E-state index in [9.17, 15) is 0 Å². The lowest BCUT2D eigenvalue weighted by molar-refractivity contribution is 0.0992. The minimum Gasteiger partial charge on any atom is -0.291 e. The van der Waals surface area contributed by atoms with Gasteiger partial charge in [0.15, 0.2) is 0 Å². The topological polar surface area (TPSA) is 48.5 Å². The van der Waals surface area contributed by atoms with Gasteiger partial charge in [-0.3, -0.25) is 10.9 Å². The SMILES string of the molecule is C/C(CC(C)(C)C1CCCCC1)=N/NC1NNCC2CCCCC21. The fourth-order valence-corrected chi connectivity index (χ4v) is 5.37. The summed E-state index contributed by atoms with van der Waals surface area (Å²) in [5, 5.41) is 4.78. The molecule has 2 aliphatic carbocycles. The summed E-state index contributed by atoms with van der Waals surface area (Å²) in [6.07, 6.45) is 14.0. The molecule has 3 rings (SSSR count). The van der Waals surface area contributed by atoms with Crippen LogP contribution in [0, 0.1) is 23.2 Å². The van der Waals surface area contributed by atoms with Crippen LogP contribution < -0.4 is 16.3 Å². The molecule has 0 aromatic carbocycles. The molecule has 24 heavy (non-hydrogen) atoms. The van der Waals surface area contributed by atoms with E-state index in [1.54, 1.807) is 0 Å². The van der Waals surface area contributed by atoms with E-state index in [1.165, 1.54) is 63.5 Å². The zero-order valence-corrected chi connectivity index (χ0v) is 16.0. The van der Waals surface area contributed by atoms with Gasteiger partial charge in [-0.25, -0.2) is 5.43 Å². The number of hydrazine groups is 1. The standard InChI is InChI=1S/C20H38N4/c1-15(13-20(2,3)17-10-5-4-6-11-17)22-24-19-18-12-8-7-9-16(18)14-21-23-19/h16-19,21,23-24H,4-14H2,1-3H3/b22-15-. The van der Waals surface area contributed by atoms with Crippen LogP contribution in [0.4, 0.5) is 0 Å². The van der Waals surface area contributed by atoms with Gasteiger partial charge in [0.05, 0.1) is 0 Å². The van der Waals surface area contributed by atoms with Crippen LogP contribution in [-0.2, 0) is 0 Å². The maximum absolute atomic E-state index is 4.78. The smallest absolute Gasteiger partial charge is 0.109 e. The summed E-state index contributed by atoms with van der Waals surface area (Å²) in [5.41, 5.74) is 11.9. The van der Waals surface area contributed by atoms with E-state index >= 15 is 0 Å². The molecule has 138 valence electrons. The molecule has 1 heterocycles. The lowest BCUT2D eigenvalue weighted by Crippen LogP contribution is -2.61. The lowest BCUT2D eigenvalue weighted by Gasteiger charge is -2.42. The molecule has 4 heteroatoms. The molecule has 1 aliphatic heterocycles. The van der Waals surface area contributed by atoms with Crippen molar-refractivity contribution in [3.05, 3.63) is 0 Å². The second-order valence-corrected chi connectivity index (χ2v) is 9.19. The van der Waals surface area contributed by atoms with Gasteiger partial charge in [0.25, 0.3) is 0 Å². The van der Waals surface area contributed by atoms with Gasteiger partial charge in [-0.15, -0.1) is 0 Å². The number of nitrogens with zero attached hydrogens (tertiary/aromatic N) is 1. The third kappa shape index (κ3) is 4.51. The molecule has 0 radical (unpaired) electrons. The first-order valence-electron chi connectivity index (χ1n) is 10.3. The van der Waals surface area contributed by atoms with Crippen LogP contribution in [0.1, 0.15) is 85.0 Å². The van der Waals surface area contributed by atoms with Gasteiger partial charge in [-0.1, -0.05) is 46.0 Å². The van der Waals surface area contributed by atoms with Crippen molar-refractivity contribution in [1.29, 1.82) is 0 Å². The third-order valence-corrected chi connectivity index (χ3v) is 6.83. The fraction of sp³-hybridized carbons (Fsp3) is 0.950. The normalized spacial score (nSPS) is 33.1. The van der Waals surface area contributed by atoms with Crippen molar-refractivity contribution < 1.29 is 0 Å². The molecule has 0 amide bonds. The molecular weight excluding hydrogens is 296 g/mol. The third-order valence-electron chi connectivity index (χ3n) is 6.83. The monoisotopic (exact) mass is 334 g/mol. The number of fused-ring (bicyclic) bond motifs is 1. The predicted molar refractivity (Wildman–Crippen MR) is 102 cm³/mol. The van der Waals surface area contributed by atoms with Crippen LogP contribution in [0.3, 0.4) is 0 Å². The first-order chi connectivity index (χ1) is 11.6. The molecule has 4 nitrogen and oxygen atoms in total. The van der Waals surface area contributed by atoms with E-state index in [4.69, 9.17) is 5.10 Å². The number of hydrazone groups is 1. The molecule has 3 aliphatic rings. The Labute approximate surface area is 148 Å². The predicted octanol–water partition coefficient (Wildman–Crippen LogP) is 4.19. The largest absolute Gasteiger partial charge is 0.291 e. The summed E-state index contributed by atoms with van der Waals surface area (Å²) in [6.45, 7) is 8.20. The molecule has 2 saturated carbocycles. The van der Waals surface area contributed by atoms with Crippen molar-refractivity contribution >= 4 is 5.71 Å². The highest BCUT2D eigenvalue weighted by Gasteiger charge is 2.35. The Kier molecular flexibility index (Phi) is 6.20. The molecule has 3 N–H and O–H groups in total. The molecule has 3 atom stereocenters. The summed E-state index contributed by atoms with van der Waals surface area (Å²) in [6, 6.07) is 0. The highest BCUT2D eigenvalue weighted by Crippen LogP contribution is 2.40. The Morgan fingerprint density at radius 3 is 2.54 bits per heavy atom. The van der Waals surface area contributed by atoms with Gasteiger partial charge in [0.2, 0.25) is 0 Å². The quantitative estimate of drug-likeness (QED) is 0.522. The molecular formula is C20H38N4. The van der Waals surface area contributed by atoms with Gasteiger partial charge in [-0.05, 0) is 62.2 Å². The summed E-state index contributed by atoms with van der Waals surface area (Å²) < 4.78 is 0. The van der Waals surface area contributed by atoms with E-state index in [1.807, 2.05) is 0 Å². The fourth-order valence-electron chi connectivity index (χ4n) is 5.37. The van der Waals surface area contributed by atoms with Gasteiger partial charge in [-0.2, -0.15) is 5.10 Å². The van der Waals surface area contributed by atoms with Crippen LogP contribution in [0.25, 0.3) is 0 Å². The zero-order valence-electron chi connectivity index (χ0n) is 16.0. The van der Waals surface area contributed by atoms with Crippen LogP contribution >= 0.6 is 0 Å². The van der Waals surface area contributed by atoms with Crippen molar-refractivity contribution in [2.75, 3.05) is 6.54 Å². The van der Waals surface area contributed by atoms with E-state index in [0.29, 0.717) is 5.41 Å². The molecule has 3 fully saturated rings. The molecule has 0 aromatic heterocycles. The minimum atomic E-state index is 0.289. The van der Waals surface area contributed by atoms with E-state index in [0.717, 1.165) is 30.7 Å². The van der Waals surface area contributed by atoms with Crippen LogP contribution in [-0.4, -0.2) is 18.4 Å². The Bertz CT molecular complexity index is 423. The van der Waals surface area contributed by atoms with Crippen LogP contribution in [0.2, 0.25) is 0 Å². The number of hydrogen-bond acceptors (Lipinski definition) is 4. The average molecular weight is 335 g/mol. The highest BCUT2D eigenvalue weighted by atomic mass is 15.5. The maximum Gasteiger partial charge on any atom is 0.109 e. The van der Waals surface area contributed by atoms with Crippen LogP contribution in [0.15, 0.2) is 5.10 Å². The summed E-state index contributed by atoms with van der Waals surface area (Å²) in [7, 11) is 0. The van der Waals surface area contributed by atoms with Crippen molar-refractivity contribution in [3.8, 4) is 0 Å². The van der Waals surface area contributed by atoms with E-state index < -0.39 is 0 Å². The Morgan fingerprint density at radius 1 is 1.04 bits per heavy atom. The number of hydrogen-bond donors (Lipinski definition) is 3. The summed E-state index contributed by atoms with van der Waals surface area (Å²) >= 11 is 0. The average Bonchev–Trinajstić information content (AvgIpc) is 2.60. The minimum absolute atomic E-state index is 0.289. The lowest BCUT2D eigenvalue weighted by atomic mass is 9.69. The van der Waals surface area contributed by atoms with Gasteiger partial charge in [0.1, 0.15) is 6.17 Å². The van der Waals surface area contributed by atoms with Gasteiger partial charge in [0, 0.05) is 12.3 Å². The van der Waals surface area contributed by atoms with E-state index in [2.05, 4.69) is 37.0 Å².